The van der Waals surface area contributed by atoms with Crippen LogP contribution in [0.3, 0.4) is 0 Å². The van der Waals surface area contributed by atoms with Gasteiger partial charge in [0.05, 0.1) is 13.2 Å². The van der Waals surface area contributed by atoms with E-state index in [2.05, 4.69) is 5.32 Å². The van der Waals surface area contributed by atoms with Gasteiger partial charge in [-0.3, -0.25) is 0 Å². The molecule has 2 nitrogen and oxygen atoms in total. The summed E-state index contributed by atoms with van der Waals surface area (Å²) in [6.07, 6.45) is -2.95. The summed E-state index contributed by atoms with van der Waals surface area (Å²) in [6, 6.07) is 0. The van der Waals surface area contributed by atoms with Gasteiger partial charge in [-0.1, -0.05) is 13.3 Å². The summed E-state index contributed by atoms with van der Waals surface area (Å²) in [4.78, 5) is 0. The molecule has 0 spiro atoms. The second-order valence-electron chi connectivity index (χ2n) is 3.44. The molecule has 0 rings (SSSR count). The van der Waals surface area contributed by atoms with Crippen LogP contribution >= 0.6 is 0 Å². The lowest BCUT2D eigenvalue weighted by Crippen LogP contribution is -2.49. The van der Waals surface area contributed by atoms with Crippen molar-refractivity contribution in [1.82, 2.24) is 5.32 Å². The van der Waals surface area contributed by atoms with Crippen molar-refractivity contribution in [3.05, 3.63) is 0 Å². The van der Waals surface area contributed by atoms with Crippen LogP contribution in [0, 0.1) is 0 Å². The van der Waals surface area contributed by atoms with Crippen molar-refractivity contribution < 1.29 is 18.3 Å². The highest BCUT2D eigenvalue weighted by Gasteiger charge is 2.31. The van der Waals surface area contributed by atoms with E-state index in [1.165, 1.54) is 0 Å². The Morgan fingerprint density at radius 2 is 1.85 bits per heavy atom. The minimum atomic E-state index is -4.22. The Morgan fingerprint density at radius 1 is 1.31 bits per heavy atom. The molecule has 0 saturated carbocycles. The fraction of sp³-hybridized carbons (Fsp3) is 1.00. The SMILES string of the molecule is CCCC(C)(CO)NCC(F)(F)F. The molecule has 13 heavy (non-hydrogen) atoms. The Balaban J connectivity index is 3.97. The van der Waals surface area contributed by atoms with E-state index in [4.69, 9.17) is 5.11 Å². The Hall–Kier alpha value is -0.290. The van der Waals surface area contributed by atoms with Gasteiger partial charge in [0.2, 0.25) is 0 Å². The molecule has 0 aliphatic rings. The van der Waals surface area contributed by atoms with E-state index in [-0.39, 0.29) is 6.61 Å². The average Bonchev–Trinajstić information content (AvgIpc) is 2.01. The Morgan fingerprint density at radius 3 is 2.15 bits per heavy atom. The lowest BCUT2D eigenvalue weighted by atomic mass is 9.97. The van der Waals surface area contributed by atoms with Gasteiger partial charge in [0.1, 0.15) is 0 Å². The zero-order valence-electron chi connectivity index (χ0n) is 7.91. The molecule has 0 aliphatic carbocycles. The first-order chi connectivity index (χ1) is 5.83. The predicted octanol–water partition coefficient (Wildman–Crippen LogP) is 1.69. The largest absolute Gasteiger partial charge is 0.401 e. The van der Waals surface area contributed by atoms with E-state index >= 15 is 0 Å². The Kier molecular flexibility index (Phi) is 4.70. The summed E-state index contributed by atoms with van der Waals surface area (Å²) in [5, 5.41) is 11.2. The summed E-state index contributed by atoms with van der Waals surface area (Å²) in [6.45, 7) is 2.12. The molecule has 0 radical (unpaired) electrons. The zero-order chi connectivity index (χ0) is 10.5. The number of aliphatic hydroxyl groups is 1. The fourth-order valence-electron chi connectivity index (χ4n) is 1.09. The van der Waals surface area contributed by atoms with Crippen LogP contribution in [-0.2, 0) is 0 Å². The molecule has 5 heteroatoms. The van der Waals surface area contributed by atoms with Crippen LogP contribution in [-0.4, -0.2) is 30.0 Å². The van der Waals surface area contributed by atoms with Gasteiger partial charge in [0.25, 0.3) is 0 Å². The first-order valence-electron chi connectivity index (χ1n) is 4.25. The molecule has 0 amide bonds. The minimum absolute atomic E-state index is 0.281. The van der Waals surface area contributed by atoms with Gasteiger partial charge < -0.3 is 10.4 Å². The normalized spacial score (nSPS) is 17.1. The number of hydrogen-bond donors (Lipinski definition) is 2. The first-order valence-corrected chi connectivity index (χ1v) is 4.25. The summed E-state index contributed by atoms with van der Waals surface area (Å²) < 4.78 is 35.5. The van der Waals surface area contributed by atoms with Crippen molar-refractivity contribution in [1.29, 1.82) is 0 Å². The Bertz CT molecular complexity index is 149. The molecule has 0 heterocycles. The quantitative estimate of drug-likeness (QED) is 0.706. The highest BCUT2D eigenvalue weighted by Crippen LogP contribution is 2.17. The molecule has 0 fully saturated rings. The highest BCUT2D eigenvalue weighted by atomic mass is 19.4. The number of nitrogens with one attached hydrogen (secondary N) is 1. The molecular weight excluding hydrogens is 183 g/mol. The van der Waals surface area contributed by atoms with E-state index < -0.39 is 18.3 Å². The number of rotatable bonds is 5. The maximum absolute atomic E-state index is 11.8. The van der Waals surface area contributed by atoms with Crippen LogP contribution in [0.25, 0.3) is 0 Å². The van der Waals surface area contributed by atoms with Gasteiger partial charge in [-0.2, -0.15) is 13.2 Å². The van der Waals surface area contributed by atoms with Crippen LogP contribution in [0.1, 0.15) is 26.7 Å². The third-order valence-corrected chi connectivity index (χ3v) is 1.87. The molecule has 0 saturated heterocycles. The lowest BCUT2D eigenvalue weighted by Gasteiger charge is -2.28. The summed E-state index contributed by atoms with van der Waals surface area (Å²) in [7, 11) is 0. The molecule has 0 bridgehead atoms. The van der Waals surface area contributed by atoms with Gasteiger partial charge in [0, 0.05) is 5.54 Å². The number of alkyl halides is 3. The number of aliphatic hydroxyl groups excluding tert-OH is 1. The third kappa shape index (κ3) is 5.87. The van der Waals surface area contributed by atoms with Gasteiger partial charge in [-0.25, -0.2) is 0 Å². The van der Waals surface area contributed by atoms with Gasteiger partial charge >= 0.3 is 6.18 Å². The average molecular weight is 199 g/mol. The smallest absolute Gasteiger partial charge is 0.394 e. The number of hydrogen-bond acceptors (Lipinski definition) is 2. The van der Waals surface area contributed by atoms with Crippen LogP contribution < -0.4 is 5.32 Å². The van der Waals surface area contributed by atoms with E-state index in [1.807, 2.05) is 6.92 Å². The molecule has 0 aromatic carbocycles. The van der Waals surface area contributed by atoms with Gasteiger partial charge in [-0.05, 0) is 13.3 Å². The Labute approximate surface area is 76.1 Å². The maximum atomic E-state index is 11.8. The third-order valence-electron chi connectivity index (χ3n) is 1.87. The molecule has 1 unspecified atom stereocenters. The van der Waals surface area contributed by atoms with Crippen LogP contribution in [0.2, 0.25) is 0 Å². The van der Waals surface area contributed by atoms with E-state index in [1.54, 1.807) is 6.92 Å². The van der Waals surface area contributed by atoms with Crippen LogP contribution in [0.5, 0.6) is 0 Å². The lowest BCUT2D eigenvalue weighted by molar-refractivity contribution is -0.129. The molecule has 0 aromatic rings. The molecule has 0 aromatic heterocycles. The predicted molar refractivity (Wildman–Crippen MR) is 44.5 cm³/mol. The van der Waals surface area contributed by atoms with Crippen LogP contribution in [0.4, 0.5) is 13.2 Å². The van der Waals surface area contributed by atoms with Crippen molar-refractivity contribution in [3.63, 3.8) is 0 Å². The summed E-state index contributed by atoms with van der Waals surface area (Å²) in [5.41, 5.74) is -0.815. The molecule has 80 valence electrons. The zero-order valence-corrected chi connectivity index (χ0v) is 7.91. The monoisotopic (exact) mass is 199 g/mol. The van der Waals surface area contributed by atoms with Crippen molar-refractivity contribution in [3.8, 4) is 0 Å². The van der Waals surface area contributed by atoms with E-state index in [9.17, 15) is 13.2 Å². The topological polar surface area (TPSA) is 32.3 Å². The maximum Gasteiger partial charge on any atom is 0.401 e. The second kappa shape index (κ2) is 4.81. The van der Waals surface area contributed by atoms with Crippen molar-refractivity contribution >= 4 is 0 Å². The summed E-state index contributed by atoms with van der Waals surface area (Å²) >= 11 is 0. The highest BCUT2D eigenvalue weighted by molar-refractivity contribution is 4.82. The van der Waals surface area contributed by atoms with Crippen molar-refractivity contribution in [2.24, 2.45) is 0 Å². The molecule has 0 aliphatic heterocycles. The van der Waals surface area contributed by atoms with Crippen molar-refractivity contribution in [2.45, 2.75) is 38.4 Å². The standard InChI is InChI=1S/C8H16F3NO/c1-3-4-7(2,6-13)12-5-8(9,10)11/h12-13H,3-6H2,1-2H3. The first kappa shape index (κ1) is 12.7. The summed E-state index contributed by atoms with van der Waals surface area (Å²) in [5.74, 6) is 0. The van der Waals surface area contributed by atoms with Crippen LogP contribution in [0.15, 0.2) is 0 Å². The fourth-order valence-corrected chi connectivity index (χ4v) is 1.09. The van der Waals surface area contributed by atoms with E-state index in [0.29, 0.717) is 6.42 Å². The number of halogens is 3. The molecular formula is C8H16F3NO. The minimum Gasteiger partial charge on any atom is -0.394 e. The molecule has 1 atom stereocenters. The van der Waals surface area contributed by atoms with Gasteiger partial charge in [-0.15, -0.1) is 0 Å². The van der Waals surface area contributed by atoms with Crippen molar-refractivity contribution in [2.75, 3.05) is 13.2 Å². The molecule has 2 N–H and O–H groups in total. The van der Waals surface area contributed by atoms with E-state index in [0.717, 1.165) is 6.42 Å². The van der Waals surface area contributed by atoms with Gasteiger partial charge in [0.15, 0.2) is 0 Å². The second-order valence-corrected chi connectivity index (χ2v) is 3.44.